The zero-order chi connectivity index (χ0) is 52.8. The highest BCUT2D eigenvalue weighted by Gasteiger charge is 2.30. The van der Waals surface area contributed by atoms with Crippen LogP contribution in [0.3, 0.4) is 0 Å². The molecule has 17 heteroatoms. The lowest BCUT2D eigenvalue weighted by molar-refractivity contribution is -0.137. The monoisotopic (exact) mass is 1020 g/mol. The van der Waals surface area contributed by atoms with Gasteiger partial charge in [0.1, 0.15) is 75.5 Å². The number of anilines is 3. The number of nitrogens with one attached hydrogen (secondary N) is 2. The van der Waals surface area contributed by atoms with Gasteiger partial charge in [0.05, 0.1) is 69.6 Å². The first-order chi connectivity index (χ1) is 35.7. The van der Waals surface area contributed by atoms with E-state index in [0.717, 1.165) is 67.8 Å². The first kappa shape index (κ1) is 52.1. The minimum absolute atomic E-state index is 0.00937. The van der Waals surface area contributed by atoms with Gasteiger partial charge >= 0.3 is 6.18 Å². The molecule has 10 aliphatic rings. The Balaban J connectivity index is 1.21. The highest BCUT2D eigenvalue weighted by Crippen LogP contribution is 2.43. The zero-order valence-electron chi connectivity index (χ0n) is 42.6. The minimum atomic E-state index is -4.53. The van der Waals surface area contributed by atoms with Crippen molar-refractivity contribution >= 4 is 17.1 Å². The summed E-state index contributed by atoms with van der Waals surface area (Å²) in [5.41, 5.74) is 5.86. The van der Waals surface area contributed by atoms with Crippen LogP contribution in [0.2, 0.25) is 0 Å². The Kier molecular flexibility index (Phi) is 15.7. The summed E-state index contributed by atoms with van der Waals surface area (Å²) in [5, 5.41) is 5.77. The Labute approximate surface area is 426 Å². The van der Waals surface area contributed by atoms with E-state index in [9.17, 15) is 22.8 Å². The van der Waals surface area contributed by atoms with Crippen molar-refractivity contribution in [3.05, 3.63) is 167 Å². The molecule has 0 spiro atoms. The van der Waals surface area contributed by atoms with Crippen molar-refractivity contribution in [2.75, 3.05) is 87.8 Å². The molecule has 7 aromatic carbocycles. The number of halogens is 3. The van der Waals surface area contributed by atoms with Crippen molar-refractivity contribution in [2.45, 2.75) is 38.3 Å². The second-order valence-corrected chi connectivity index (χ2v) is 17.4. The molecule has 388 valence electrons. The molecular formula is C57H57F3N2O12. The van der Waals surface area contributed by atoms with Gasteiger partial charge in [0.2, 0.25) is 0 Å². The molecule has 17 rings (SSSR count). The number of benzene rings is 6. The second-order valence-electron chi connectivity index (χ2n) is 17.4. The highest BCUT2D eigenvalue weighted by atomic mass is 19.4. The minimum Gasteiger partial charge on any atom is -0.496 e. The third-order valence-corrected chi connectivity index (χ3v) is 13.2. The van der Waals surface area contributed by atoms with E-state index in [1.54, 1.807) is 64.0 Å². The lowest BCUT2D eigenvalue weighted by Crippen LogP contribution is -2.37. The Morgan fingerprint density at radius 1 is 0.392 bits per heavy atom. The average molecular weight is 1020 g/mol. The maximum Gasteiger partial charge on any atom is 0.416 e. The average Bonchev–Trinajstić information content (AvgIpc) is 3.41. The summed E-state index contributed by atoms with van der Waals surface area (Å²) in [4.78, 5) is 25.4. The molecule has 0 unspecified atom stereocenters. The topological polar surface area (TPSA) is 150 Å². The Morgan fingerprint density at radius 3 is 0.919 bits per heavy atom. The molecular weight excluding hydrogens is 962 g/mol. The lowest BCUT2D eigenvalue weighted by Gasteiger charge is -2.21. The van der Waals surface area contributed by atoms with E-state index in [4.69, 9.17) is 47.4 Å². The molecule has 7 aromatic rings. The lowest BCUT2D eigenvalue weighted by atomic mass is 9.94. The Hall–Kier alpha value is -8.21. The summed E-state index contributed by atoms with van der Waals surface area (Å²) in [6, 6.07) is 23.6. The first-order valence-electron chi connectivity index (χ1n) is 23.5. The van der Waals surface area contributed by atoms with Crippen LogP contribution in [0.25, 0.3) is 0 Å². The van der Waals surface area contributed by atoms with Crippen molar-refractivity contribution in [2.24, 2.45) is 0 Å². The predicted octanol–water partition coefficient (Wildman–Crippen LogP) is 9.88. The van der Waals surface area contributed by atoms with Crippen LogP contribution in [-0.2, 0) is 38.3 Å². The Bertz CT molecular complexity index is 3250. The number of methoxy groups -OCH3 is 9. The molecule has 74 heavy (non-hydrogen) atoms. The van der Waals surface area contributed by atoms with Crippen LogP contribution in [0, 0.1) is 0 Å². The van der Waals surface area contributed by atoms with Gasteiger partial charge in [-0.25, -0.2) is 0 Å². The van der Waals surface area contributed by atoms with Gasteiger partial charge in [-0.2, -0.15) is 13.2 Å². The third-order valence-electron chi connectivity index (χ3n) is 13.2. The van der Waals surface area contributed by atoms with Crippen molar-refractivity contribution in [1.29, 1.82) is 0 Å². The summed E-state index contributed by atoms with van der Waals surface area (Å²) in [5.74, 6) is 6.03. The number of ether oxygens (including phenoxy) is 10. The van der Waals surface area contributed by atoms with Crippen LogP contribution in [0.5, 0.6) is 57.5 Å². The van der Waals surface area contributed by atoms with Gasteiger partial charge in [-0.15, -0.1) is 0 Å². The first-order valence-corrected chi connectivity index (χ1v) is 23.5. The summed E-state index contributed by atoms with van der Waals surface area (Å²) < 4.78 is 100. The van der Waals surface area contributed by atoms with Gasteiger partial charge < -0.3 is 58.0 Å². The molecule has 10 aliphatic carbocycles. The van der Waals surface area contributed by atoms with Gasteiger partial charge in [0.25, 0.3) is 10.9 Å². The maximum absolute atomic E-state index is 13.2. The SMILES string of the molecule is COc1cc2c(OC)cc1Cc1cc(OC)c(cc1OC)Cc1cc(OC)c(cc1OC)Cc1cc(OC)c(cc1OCCNc1c(Nc3ccc(C(F)(F)F)cc3)c(=O)c1=O)Cc1cc(OC)c(cc1OC)C2. The van der Waals surface area contributed by atoms with E-state index in [0.29, 0.717) is 89.6 Å². The molecule has 10 bridgehead atoms. The van der Waals surface area contributed by atoms with E-state index in [2.05, 4.69) is 10.6 Å². The van der Waals surface area contributed by atoms with Crippen molar-refractivity contribution < 1.29 is 60.5 Å². The van der Waals surface area contributed by atoms with Crippen LogP contribution >= 0.6 is 0 Å². The van der Waals surface area contributed by atoms with Gasteiger partial charge in [0, 0.05) is 100.0 Å². The van der Waals surface area contributed by atoms with Crippen molar-refractivity contribution in [3.63, 3.8) is 0 Å². The number of hydrogen-bond donors (Lipinski definition) is 2. The van der Waals surface area contributed by atoms with Crippen LogP contribution in [-0.4, -0.2) is 77.1 Å². The maximum atomic E-state index is 13.2. The zero-order valence-corrected chi connectivity index (χ0v) is 42.6. The number of alkyl halides is 3. The highest BCUT2D eigenvalue weighted by molar-refractivity contribution is 5.78. The van der Waals surface area contributed by atoms with Crippen LogP contribution < -0.4 is 68.9 Å². The third kappa shape index (κ3) is 10.8. The van der Waals surface area contributed by atoms with E-state index < -0.39 is 22.6 Å². The van der Waals surface area contributed by atoms with Crippen LogP contribution in [0.1, 0.15) is 61.2 Å². The summed E-state index contributed by atoms with van der Waals surface area (Å²) >= 11 is 0. The Morgan fingerprint density at radius 2 is 0.649 bits per heavy atom. The molecule has 0 aliphatic heterocycles. The molecule has 2 N–H and O–H groups in total. The standard InChI is InChI=1S/C57H57F3N2O12/c1-65-43-23-33-17-35-25-48(70-6)37(27-47(35)69-5)19-39-30-52(74-15-14-61-53-54(56(64)55(53)63)62-42-12-10-41(11-13-42)57(58,59)60)40(29-51(39)73-9)20-38-28-49(71-7)36(26-50(38)72-8)18-34-24-45(67-3)32(22-46(34)68-4)16-31(43)21-44(33)66-2/h10-13,21-30,61-62H,14-20H2,1-9H3. The largest absolute Gasteiger partial charge is 0.496 e. The van der Waals surface area contributed by atoms with E-state index in [1.165, 1.54) is 12.1 Å². The van der Waals surface area contributed by atoms with Gasteiger partial charge in [-0.3, -0.25) is 9.59 Å². The number of rotatable bonds is 16. The van der Waals surface area contributed by atoms with Crippen molar-refractivity contribution in [3.8, 4) is 57.5 Å². The van der Waals surface area contributed by atoms with Gasteiger partial charge in [-0.1, -0.05) is 0 Å². The van der Waals surface area contributed by atoms with Crippen LogP contribution in [0.15, 0.2) is 94.5 Å². The molecule has 0 fully saturated rings. The second kappa shape index (κ2) is 22.3. The van der Waals surface area contributed by atoms with Crippen LogP contribution in [0.4, 0.5) is 30.2 Å². The molecule has 0 saturated carbocycles. The van der Waals surface area contributed by atoms with Crippen molar-refractivity contribution in [1.82, 2.24) is 0 Å². The fraction of sp³-hybridized carbons (Fsp3) is 0.298. The van der Waals surface area contributed by atoms with E-state index >= 15 is 0 Å². The normalized spacial score (nSPS) is 12.3. The van der Waals surface area contributed by atoms with Gasteiger partial charge in [-0.05, 0) is 84.9 Å². The molecule has 0 radical (unpaired) electrons. The van der Waals surface area contributed by atoms with E-state index in [-0.39, 0.29) is 30.2 Å². The summed E-state index contributed by atoms with van der Waals surface area (Å²) in [6.07, 6.45) is -2.67. The molecule has 0 amide bonds. The fourth-order valence-electron chi connectivity index (χ4n) is 9.38. The quantitative estimate of drug-likeness (QED) is 0.0698. The molecule has 0 aromatic heterocycles. The molecule has 0 heterocycles. The fourth-order valence-corrected chi connectivity index (χ4v) is 9.38. The summed E-state index contributed by atoms with van der Waals surface area (Å²) in [7, 11) is 14.5. The molecule has 0 atom stereocenters. The van der Waals surface area contributed by atoms with E-state index in [1.807, 2.05) is 60.7 Å². The molecule has 14 nitrogen and oxygen atoms in total. The summed E-state index contributed by atoms with van der Waals surface area (Å²) in [6.45, 7) is 0.0854. The predicted molar refractivity (Wildman–Crippen MR) is 275 cm³/mol. The number of hydrogen-bond acceptors (Lipinski definition) is 14. The smallest absolute Gasteiger partial charge is 0.416 e. The molecule has 0 saturated heterocycles. The van der Waals surface area contributed by atoms with Gasteiger partial charge in [0.15, 0.2) is 0 Å².